The number of aromatic nitrogens is 1. The highest BCUT2D eigenvalue weighted by molar-refractivity contribution is 5.99. The summed E-state index contributed by atoms with van der Waals surface area (Å²) in [7, 11) is 1.65. The van der Waals surface area contributed by atoms with Gasteiger partial charge in [-0.3, -0.25) is 9.59 Å². The quantitative estimate of drug-likeness (QED) is 0.721. The Morgan fingerprint density at radius 2 is 2.00 bits per heavy atom. The summed E-state index contributed by atoms with van der Waals surface area (Å²) in [5.74, 6) is 0.762. The first-order valence-corrected chi connectivity index (χ1v) is 10.0. The smallest absolute Gasteiger partial charge is 0.246 e. The zero-order valence-corrected chi connectivity index (χ0v) is 16.3. The number of hydrogen-bond acceptors (Lipinski definition) is 3. The molecule has 2 aliphatic heterocycles. The molecule has 2 N–H and O–H groups in total. The zero-order chi connectivity index (χ0) is 20.0. The maximum Gasteiger partial charge on any atom is 0.246 e. The normalized spacial score (nSPS) is 21.3. The van der Waals surface area contributed by atoms with Gasteiger partial charge in [-0.05, 0) is 36.6 Å². The molecule has 2 aliphatic rings. The van der Waals surface area contributed by atoms with Gasteiger partial charge in [0.1, 0.15) is 17.8 Å². The number of aromatic amines is 1. The van der Waals surface area contributed by atoms with Gasteiger partial charge in [0.25, 0.3) is 0 Å². The van der Waals surface area contributed by atoms with Gasteiger partial charge < -0.3 is 19.9 Å². The lowest BCUT2D eigenvalue weighted by atomic mass is 9.96. The Balaban J connectivity index is 1.57. The minimum atomic E-state index is -0.541. The van der Waals surface area contributed by atoms with Crippen molar-refractivity contribution in [2.45, 2.75) is 31.3 Å². The van der Waals surface area contributed by atoms with E-state index in [1.165, 1.54) is 0 Å². The van der Waals surface area contributed by atoms with E-state index in [4.69, 9.17) is 4.74 Å². The molecule has 1 aromatic heterocycles. The Kier molecular flexibility index (Phi) is 4.27. The number of amides is 2. The van der Waals surface area contributed by atoms with E-state index in [-0.39, 0.29) is 17.9 Å². The number of methoxy groups -OCH3 is 1. The maximum atomic E-state index is 13.0. The first kappa shape index (κ1) is 17.8. The minimum absolute atomic E-state index is 0.0222. The number of nitrogens with one attached hydrogen (secondary N) is 2. The number of carbonyl (C=O) groups excluding carboxylic acids is 2. The van der Waals surface area contributed by atoms with Gasteiger partial charge in [0.15, 0.2) is 0 Å². The molecule has 5 rings (SSSR count). The summed E-state index contributed by atoms with van der Waals surface area (Å²) in [6, 6.07) is 15.1. The van der Waals surface area contributed by atoms with Gasteiger partial charge in [-0.15, -0.1) is 0 Å². The van der Waals surface area contributed by atoms with Crippen LogP contribution < -0.4 is 10.1 Å². The maximum absolute atomic E-state index is 13.0. The Morgan fingerprint density at radius 3 is 2.86 bits per heavy atom. The van der Waals surface area contributed by atoms with Crippen LogP contribution in [-0.4, -0.2) is 47.4 Å². The van der Waals surface area contributed by atoms with Gasteiger partial charge in [-0.25, -0.2) is 0 Å². The second-order valence-electron chi connectivity index (χ2n) is 7.71. The van der Waals surface area contributed by atoms with Crippen molar-refractivity contribution in [3.05, 3.63) is 54.1 Å². The lowest BCUT2D eigenvalue weighted by Crippen LogP contribution is -2.61. The van der Waals surface area contributed by atoms with Crippen LogP contribution in [-0.2, 0) is 16.0 Å². The number of carbonyl (C=O) groups is 2. The number of piperazine rings is 1. The zero-order valence-electron chi connectivity index (χ0n) is 16.3. The SMILES string of the molecule is COc1cccc(-c2[nH]c3ccccc3c2C[C@@H]2NC(=O)[C@H]3CCCN3C2=O)c1. The van der Waals surface area contributed by atoms with Crippen LogP contribution in [0.25, 0.3) is 22.2 Å². The molecular weight excluding hydrogens is 366 g/mol. The van der Waals surface area contributed by atoms with Crippen molar-refractivity contribution in [2.75, 3.05) is 13.7 Å². The molecule has 2 atom stereocenters. The molecule has 0 radical (unpaired) electrons. The van der Waals surface area contributed by atoms with E-state index in [1.807, 2.05) is 42.5 Å². The fraction of sp³-hybridized carbons (Fsp3) is 0.304. The molecule has 148 valence electrons. The van der Waals surface area contributed by atoms with Crippen LogP contribution >= 0.6 is 0 Å². The summed E-state index contributed by atoms with van der Waals surface area (Å²) in [6.07, 6.45) is 2.09. The summed E-state index contributed by atoms with van der Waals surface area (Å²) >= 11 is 0. The fourth-order valence-electron chi connectivity index (χ4n) is 4.61. The number of ether oxygens (including phenoxy) is 1. The van der Waals surface area contributed by atoms with Crippen molar-refractivity contribution in [3.8, 4) is 17.0 Å². The molecule has 2 saturated heterocycles. The molecule has 3 heterocycles. The highest BCUT2D eigenvalue weighted by Crippen LogP contribution is 2.34. The fourth-order valence-corrected chi connectivity index (χ4v) is 4.61. The largest absolute Gasteiger partial charge is 0.497 e. The lowest BCUT2D eigenvalue weighted by Gasteiger charge is -2.34. The van der Waals surface area contributed by atoms with Crippen LogP contribution in [0.4, 0.5) is 0 Å². The van der Waals surface area contributed by atoms with Crippen molar-refractivity contribution in [2.24, 2.45) is 0 Å². The summed E-state index contributed by atoms with van der Waals surface area (Å²) in [6.45, 7) is 0.671. The number of rotatable bonds is 4. The molecule has 0 unspecified atom stereocenters. The van der Waals surface area contributed by atoms with E-state index in [0.717, 1.165) is 46.3 Å². The van der Waals surface area contributed by atoms with E-state index in [1.54, 1.807) is 12.0 Å². The van der Waals surface area contributed by atoms with Crippen molar-refractivity contribution >= 4 is 22.7 Å². The second kappa shape index (κ2) is 6.95. The Labute approximate surface area is 168 Å². The van der Waals surface area contributed by atoms with Crippen molar-refractivity contribution in [3.63, 3.8) is 0 Å². The van der Waals surface area contributed by atoms with Crippen molar-refractivity contribution in [1.82, 2.24) is 15.2 Å². The molecular formula is C23H23N3O3. The van der Waals surface area contributed by atoms with Crippen LogP contribution in [0.1, 0.15) is 18.4 Å². The second-order valence-corrected chi connectivity index (χ2v) is 7.71. The number of H-pyrrole nitrogens is 1. The number of benzene rings is 2. The van der Waals surface area contributed by atoms with Crippen LogP contribution in [0.2, 0.25) is 0 Å². The third-order valence-electron chi connectivity index (χ3n) is 6.03. The van der Waals surface area contributed by atoms with E-state index < -0.39 is 6.04 Å². The highest BCUT2D eigenvalue weighted by atomic mass is 16.5. The van der Waals surface area contributed by atoms with Crippen LogP contribution in [0.15, 0.2) is 48.5 Å². The van der Waals surface area contributed by atoms with Gasteiger partial charge in [-0.1, -0.05) is 30.3 Å². The molecule has 6 nitrogen and oxygen atoms in total. The molecule has 3 aromatic rings. The van der Waals surface area contributed by atoms with Crippen molar-refractivity contribution < 1.29 is 14.3 Å². The molecule has 0 bridgehead atoms. The predicted octanol–water partition coefficient (Wildman–Crippen LogP) is 2.88. The number of hydrogen-bond donors (Lipinski definition) is 2. The monoisotopic (exact) mass is 389 g/mol. The Bertz CT molecular complexity index is 1100. The molecule has 2 aromatic carbocycles. The molecule has 0 spiro atoms. The van der Waals surface area contributed by atoms with Crippen LogP contribution in [0.3, 0.4) is 0 Å². The van der Waals surface area contributed by atoms with Gasteiger partial charge in [0, 0.05) is 35.1 Å². The molecule has 0 saturated carbocycles. The van der Waals surface area contributed by atoms with Crippen molar-refractivity contribution in [1.29, 1.82) is 0 Å². The van der Waals surface area contributed by atoms with Crippen LogP contribution in [0.5, 0.6) is 5.75 Å². The summed E-state index contributed by atoms with van der Waals surface area (Å²) in [4.78, 5) is 30.8. The van der Waals surface area contributed by atoms with E-state index in [9.17, 15) is 9.59 Å². The molecule has 2 fully saturated rings. The number of nitrogens with zero attached hydrogens (tertiary/aromatic N) is 1. The van der Waals surface area contributed by atoms with Gasteiger partial charge in [0.05, 0.1) is 7.11 Å². The lowest BCUT2D eigenvalue weighted by molar-refractivity contribution is -0.146. The summed E-state index contributed by atoms with van der Waals surface area (Å²) in [5.41, 5.74) is 3.99. The molecule has 2 amide bonds. The Hall–Kier alpha value is -3.28. The minimum Gasteiger partial charge on any atom is -0.497 e. The van der Waals surface area contributed by atoms with Gasteiger partial charge >= 0.3 is 0 Å². The molecule has 29 heavy (non-hydrogen) atoms. The highest BCUT2D eigenvalue weighted by Gasteiger charge is 2.43. The average molecular weight is 389 g/mol. The first-order valence-electron chi connectivity index (χ1n) is 10.0. The summed E-state index contributed by atoms with van der Waals surface area (Å²) < 4.78 is 5.39. The average Bonchev–Trinajstić information content (AvgIpc) is 3.38. The topological polar surface area (TPSA) is 74.4 Å². The third kappa shape index (κ3) is 2.95. The molecule has 0 aliphatic carbocycles. The summed E-state index contributed by atoms with van der Waals surface area (Å²) in [5, 5.41) is 4.04. The first-order chi connectivity index (χ1) is 14.2. The van der Waals surface area contributed by atoms with E-state index in [0.29, 0.717) is 13.0 Å². The number of fused-ring (bicyclic) bond motifs is 2. The van der Waals surface area contributed by atoms with E-state index in [2.05, 4.69) is 16.4 Å². The standard InChI is InChI=1S/C23H23N3O3/c1-29-15-7-4-6-14(12-15)21-17(16-8-2-3-9-18(16)24-21)13-19-23(28)26-11-5-10-20(26)22(27)25-19/h2-4,6-9,12,19-20,24H,5,10-11,13H2,1H3,(H,25,27)/t19-,20+/m0/s1. The number of para-hydroxylation sites is 1. The van der Waals surface area contributed by atoms with Crippen LogP contribution in [0, 0.1) is 0 Å². The third-order valence-corrected chi connectivity index (χ3v) is 6.03. The predicted molar refractivity (Wildman–Crippen MR) is 111 cm³/mol. The van der Waals surface area contributed by atoms with Gasteiger partial charge in [-0.2, -0.15) is 0 Å². The van der Waals surface area contributed by atoms with Gasteiger partial charge in [0.2, 0.25) is 11.8 Å². The Morgan fingerprint density at radius 1 is 1.14 bits per heavy atom. The molecule has 6 heteroatoms. The van der Waals surface area contributed by atoms with E-state index >= 15 is 0 Å².